The summed E-state index contributed by atoms with van der Waals surface area (Å²) < 4.78 is 9.59. The molecule has 0 saturated carbocycles. The van der Waals surface area contributed by atoms with Crippen molar-refractivity contribution in [3.63, 3.8) is 0 Å². The lowest BCUT2D eigenvalue weighted by Gasteiger charge is -2.19. The second-order valence-electron chi connectivity index (χ2n) is 7.75. The van der Waals surface area contributed by atoms with Gasteiger partial charge in [0, 0.05) is 30.3 Å². The maximum absolute atomic E-state index is 12.2. The summed E-state index contributed by atoms with van der Waals surface area (Å²) in [6.45, 7) is 8.71. The Morgan fingerprint density at radius 2 is 2.04 bits per heavy atom. The Morgan fingerprint density at radius 3 is 2.79 bits per heavy atom. The molecule has 0 aliphatic heterocycles. The van der Waals surface area contributed by atoms with Crippen molar-refractivity contribution in [3.05, 3.63) is 48.5 Å². The van der Waals surface area contributed by atoms with Crippen LogP contribution in [0.15, 0.2) is 42.9 Å². The van der Waals surface area contributed by atoms with Gasteiger partial charge in [0.15, 0.2) is 5.78 Å². The second-order valence-corrected chi connectivity index (χ2v) is 7.75. The first kappa shape index (κ1) is 18.3. The highest BCUT2D eigenvalue weighted by atomic mass is 16.5. The Bertz CT molecular complexity index is 1170. The van der Waals surface area contributed by atoms with Crippen molar-refractivity contribution < 1.29 is 9.53 Å². The van der Waals surface area contributed by atoms with Crippen LogP contribution in [0, 0.1) is 0 Å². The molecule has 0 fully saturated rings. The van der Waals surface area contributed by atoms with Gasteiger partial charge >= 0.3 is 0 Å². The minimum absolute atomic E-state index is 0.0579. The fraction of sp³-hybridized carbons (Fsp3) is 0.333. The van der Waals surface area contributed by atoms with E-state index < -0.39 is 0 Å². The van der Waals surface area contributed by atoms with Crippen LogP contribution in [0.4, 0.5) is 0 Å². The molecule has 0 radical (unpaired) electrons. The van der Waals surface area contributed by atoms with E-state index in [9.17, 15) is 4.79 Å². The Labute approximate surface area is 163 Å². The highest BCUT2D eigenvalue weighted by Crippen LogP contribution is 2.27. The molecule has 0 aliphatic carbocycles. The summed E-state index contributed by atoms with van der Waals surface area (Å²) >= 11 is 0. The van der Waals surface area contributed by atoms with E-state index in [2.05, 4.69) is 15.1 Å². The minimum atomic E-state index is -0.212. The van der Waals surface area contributed by atoms with Crippen LogP contribution in [0.2, 0.25) is 0 Å². The summed E-state index contributed by atoms with van der Waals surface area (Å²) in [5.41, 5.74) is 3.05. The molecule has 0 amide bonds. The summed E-state index contributed by atoms with van der Waals surface area (Å²) in [4.78, 5) is 20.8. The third kappa shape index (κ3) is 3.41. The molecule has 4 rings (SSSR count). The van der Waals surface area contributed by atoms with Gasteiger partial charge in [0.2, 0.25) is 5.78 Å². The topological polar surface area (TPSA) is 74.3 Å². The number of ketones is 1. The second kappa shape index (κ2) is 6.83. The van der Waals surface area contributed by atoms with E-state index in [1.165, 1.54) is 0 Å². The number of carbonyl (C=O) groups is 1. The van der Waals surface area contributed by atoms with Gasteiger partial charge in [-0.15, -0.1) is 0 Å². The highest BCUT2D eigenvalue weighted by molar-refractivity contribution is 6.05. The van der Waals surface area contributed by atoms with Gasteiger partial charge in [0.05, 0.1) is 36.2 Å². The summed E-state index contributed by atoms with van der Waals surface area (Å²) in [5.74, 6) is 0.580. The van der Waals surface area contributed by atoms with Gasteiger partial charge in [-0.05, 0) is 39.0 Å². The Balaban J connectivity index is 1.76. The monoisotopic (exact) mass is 377 g/mol. The Hall–Kier alpha value is -3.06. The van der Waals surface area contributed by atoms with Crippen LogP contribution in [0.3, 0.4) is 0 Å². The summed E-state index contributed by atoms with van der Waals surface area (Å²) in [6, 6.07) is 7.88. The number of ether oxygens (including phenoxy) is 1. The van der Waals surface area contributed by atoms with Gasteiger partial charge in [0.25, 0.3) is 0 Å². The van der Waals surface area contributed by atoms with Crippen molar-refractivity contribution >= 4 is 22.5 Å². The van der Waals surface area contributed by atoms with E-state index >= 15 is 0 Å². The van der Waals surface area contributed by atoms with Crippen LogP contribution in [0.5, 0.6) is 0 Å². The van der Waals surface area contributed by atoms with E-state index in [4.69, 9.17) is 4.74 Å². The van der Waals surface area contributed by atoms with Crippen molar-refractivity contribution in [1.29, 1.82) is 0 Å². The number of fused-ring (bicyclic) bond motifs is 2. The predicted molar refractivity (Wildman–Crippen MR) is 107 cm³/mol. The molecular formula is C21H23N5O2. The number of benzene rings is 1. The van der Waals surface area contributed by atoms with Crippen LogP contribution in [-0.2, 0) is 11.3 Å². The lowest BCUT2D eigenvalue weighted by molar-refractivity contribution is -0.00753. The standard InChI is InChI=1S/C21H23N5O2/c1-14(27)19-16-12-15(18-13-23-20-22-8-5-9-25(18)20)6-7-17(16)26(24-19)10-11-28-21(2,3)4/h5-9,12-13H,10-11H2,1-4H3. The van der Waals surface area contributed by atoms with E-state index in [0.29, 0.717) is 24.6 Å². The molecule has 0 spiro atoms. The molecule has 0 N–H and O–H groups in total. The fourth-order valence-corrected chi connectivity index (χ4v) is 3.25. The number of nitrogens with zero attached hydrogens (tertiary/aromatic N) is 5. The number of carbonyl (C=O) groups excluding carboxylic acids is 1. The SMILES string of the molecule is CC(=O)c1nn(CCOC(C)(C)C)c2ccc(-c3cnc4ncccn34)cc12. The van der Waals surface area contributed by atoms with E-state index in [1.54, 1.807) is 19.3 Å². The summed E-state index contributed by atoms with van der Waals surface area (Å²) in [5, 5.41) is 5.38. The lowest BCUT2D eigenvalue weighted by Crippen LogP contribution is -2.22. The molecule has 144 valence electrons. The van der Waals surface area contributed by atoms with Crippen molar-refractivity contribution in [2.45, 2.75) is 39.8 Å². The van der Waals surface area contributed by atoms with Crippen LogP contribution in [-0.4, -0.2) is 42.1 Å². The maximum atomic E-state index is 12.2. The van der Waals surface area contributed by atoms with Crippen molar-refractivity contribution in [1.82, 2.24) is 24.1 Å². The van der Waals surface area contributed by atoms with Crippen molar-refractivity contribution in [2.75, 3.05) is 6.61 Å². The summed E-state index contributed by atoms with van der Waals surface area (Å²) in [6.07, 6.45) is 5.43. The van der Waals surface area contributed by atoms with Gasteiger partial charge in [-0.3, -0.25) is 13.9 Å². The number of imidazole rings is 1. The first-order valence-electron chi connectivity index (χ1n) is 9.27. The normalized spacial score (nSPS) is 12.1. The first-order chi connectivity index (χ1) is 13.3. The fourth-order valence-electron chi connectivity index (χ4n) is 3.25. The molecule has 4 aromatic rings. The van der Waals surface area contributed by atoms with E-state index in [-0.39, 0.29) is 11.4 Å². The molecule has 3 heterocycles. The van der Waals surface area contributed by atoms with Crippen LogP contribution in [0.1, 0.15) is 38.2 Å². The molecule has 28 heavy (non-hydrogen) atoms. The minimum Gasteiger partial charge on any atom is -0.374 e. The number of aromatic nitrogens is 5. The Morgan fingerprint density at radius 1 is 1.21 bits per heavy atom. The van der Waals surface area contributed by atoms with Crippen LogP contribution < -0.4 is 0 Å². The molecule has 3 aromatic heterocycles. The molecule has 7 nitrogen and oxygen atoms in total. The first-order valence-corrected chi connectivity index (χ1v) is 9.27. The van der Waals surface area contributed by atoms with E-state index in [0.717, 1.165) is 22.2 Å². The number of hydrogen-bond donors (Lipinski definition) is 0. The highest BCUT2D eigenvalue weighted by Gasteiger charge is 2.17. The largest absolute Gasteiger partial charge is 0.374 e. The van der Waals surface area contributed by atoms with Crippen molar-refractivity contribution in [3.8, 4) is 11.3 Å². The van der Waals surface area contributed by atoms with Crippen LogP contribution >= 0.6 is 0 Å². The quantitative estimate of drug-likeness (QED) is 0.495. The molecular weight excluding hydrogens is 354 g/mol. The average Bonchev–Trinajstić information content (AvgIpc) is 3.22. The zero-order valence-corrected chi connectivity index (χ0v) is 16.5. The van der Waals surface area contributed by atoms with Gasteiger partial charge in [-0.2, -0.15) is 5.10 Å². The van der Waals surface area contributed by atoms with Crippen LogP contribution in [0.25, 0.3) is 27.9 Å². The molecule has 0 atom stereocenters. The molecule has 0 bridgehead atoms. The van der Waals surface area contributed by atoms with Gasteiger partial charge in [0.1, 0.15) is 5.69 Å². The predicted octanol–water partition coefficient (Wildman–Crippen LogP) is 3.76. The average molecular weight is 377 g/mol. The molecule has 0 unspecified atom stereocenters. The molecule has 7 heteroatoms. The van der Waals surface area contributed by atoms with Gasteiger partial charge in [-0.25, -0.2) is 9.97 Å². The molecule has 0 aliphatic rings. The van der Waals surface area contributed by atoms with Gasteiger partial charge in [-0.1, -0.05) is 6.07 Å². The third-order valence-electron chi connectivity index (χ3n) is 4.51. The maximum Gasteiger partial charge on any atom is 0.234 e. The zero-order valence-electron chi connectivity index (χ0n) is 16.5. The molecule has 1 aromatic carbocycles. The number of Topliss-reactive ketones (excluding diaryl/α,β-unsaturated/α-hetero) is 1. The summed E-state index contributed by atoms with van der Waals surface area (Å²) in [7, 11) is 0. The number of rotatable bonds is 5. The smallest absolute Gasteiger partial charge is 0.234 e. The third-order valence-corrected chi connectivity index (χ3v) is 4.51. The van der Waals surface area contributed by atoms with Crippen molar-refractivity contribution in [2.24, 2.45) is 0 Å². The Kier molecular flexibility index (Phi) is 4.47. The van der Waals surface area contributed by atoms with Gasteiger partial charge < -0.3 is 4.74 Å². The lowest BCUT2D eigenvalue weighted by atomic mass is 10.1. The molecule has 0 saturated heterocycles. The zero-order chi connectivity index (χ0) is 19.9. The van der Waals surface area contributed by atoms with E-state index in [1.807, 2.05) is 60.3 Å². The number of hydrogen-bond acceptors (Lipinski definition) is 5.